The fourth-order valence-corrected chi connectivity index (χ4v) is 6.89. The maximum Gasteiger partial charge on any atom is 0.194 e. The smallest absolute Gasteiger partial charge is 0.194 e. The molecule has 2 heterocycles. The van der Waals surface area contributed by atoms with Crippen LogP contribution in [0, 0.1) is 0 Å². The molecule has 8 rings (SSSR count). The van der Waals surface area contributed by atoms with Crippen LogP contribution < -0.4 is 0 Å². The highest BCUT2D eigenvalue weighted by atomic mass is 16.1. The van der Waals surface area contributed by atoms with Crippen LogP contribution in [0.15, 0.2) is 109 Å². The standard InChI is InChI=1S/C38H24N2O4/c1-39-29-17-9-7-15-25(29)33(27-19-31(41)21-11-3-5-13-23(21)37(27)43)35(39)36-34(26-16-8-10-18-30(26)40(36)2)28-20-32(42)22-12-4-6-14-24(22)38(28)44/h3-20H,1-2H3. The van der Waals surface area contributed by atoms with Gasteiger partial charge in [0.1, 0.15) is 0 Å². The molecule has 0 atom stereocenters. The second kappa shape index (κ2) is 9.31. The molecule has 0 unspecified atom stereocenters. The highest BCUT2D eigenvalue weighted by Crippen LogP contribution is 2.46. The highest BCUT2D eigenvalue weighted by Gasteiger charge is 2.35. The highest BCUT2D eigenvalue weighted by molar-refractivity contribution is 6.42. The molecule has 0 radical (unpaired) electrons. The molecule has 0 bridgehead atoms. The molecule has 2 aliphatic rings. The first-order valence-electron chi connectivity index (χ1n) is 14.3. The molecular weight excluding hydrogens is 548 g/mol. The summed E-state index contributed by atoms with van der Waals surface area (Å²) in [5.74, 6) is -0.956. The third kappa shape index (κ3) is 3.42. The fourth-order valence-electron chi connectivity index (χ4n) is 6.89. The van der Waals surface area contributed by atoms with Gasteiger partial charge in [0.05, 0.1) is 11.4 Å². The number of hydrogen-bond donors (Lipinski definition) is 0. The van der Waals surface area contributed by atoms with E-state index in [-0.39, 0.29) is 23.1 Å². The van der Waals surface area contributed by atoms with Crippen LogP contribution in [-0.4, -0.2) is 32.3 Å². The number of rotatable bonds is 3. The van der Waals surface area contributed by atoms with Crippen molar-refractivity contribution in [2.45, 2.75) is 0 Å². The van der Waals surface area contributed by atoms with Crippen LogP contribution in [0.5, 0.6) is 0 Å². The van der Waals surface area contributed by atoms with Crippen molar-refractivity contribution in [3.05, 3.63) is 143 Å². The van der Waals surface area contributed by atoms with Crippen molar-refractivity contribution in [1.29, 1.82) is 0 Å². The second-order valence-electron chi connectivity index (χ2n) is 11.2. The van der Waals surface area contributed by atoms with Crippen LogP contribution in [0.2, 0.25) is 0 Å². The number of hydrogen-bond acceptors (Lipinski definition) is 4. The summed E-state index contributed by atoms with van der Waals surface area (Å²) >= 11 is 0. The minimum absolute atomic E-state index is 0.237. The van der Waals surface area contributed by atoms with Crippen molar-refractivity contribution in [2.24, 2.45) is 14.1 Å². The molecule has 210 valence electrons. The van der Waals surface area contributed by atoms with E-state index >= 15 is 0 Å². The maximum absolute atomic E-state index is 14.1. The Bertz CT molecular complexity index is 2210. The summed E-state index contributed by atoms with van der Waals surface area (Å²) in [6.07, 6.45) is 2.87. The SMILES string of the molecule is Cn1c(-c2c(C3=CC(=O)c4ccccc4C3=O)c3ccccc3n2C)c(C2=CC(=O)c3ccccc3C2=O)c2ccccc21. The van der Waals surface area contributed by atoms with Gasteiger partial charge < -0.3 is 9.13 Å². The van der Waals surface area contributed by atoms with Crippen LogP contribution in [-0.2, 0) is 14.1 Å². The van der Waals surface area contributed by atoms with Gasteiger partial charge in [0.2, 0.25) is 0 Å². The summed E-state index contributed by atoms with van der Waals surface area (Å²) < 4.78 is 4.01. The topological polar surface area (TPSA) is 78.1 Å². The molecule has 44 heavy (non-hydrogen) atoms. The number of fused-ring (bicyclic) bond motifs is 4. The van der Waals surface area contributed by atoms with E-state index in [1.807, 2.05) is 71.8 Å². The number of allylic oxidation sites excluding steroid dienone is 4. The van der Waals surface area contributed by atoms with Gasteiger partial charge in [-0.2, -0.15) is 0 Å². The minimum atomic E-state index is -0.241. The van der Waals surface area contributed by atoms with Crippen LogP contribution >= 0.6 is 0 Å². The Labute approximate surface area is 252 Å². The average Bonchev–Trinajstić information content (AvgIpc) is 3.50. The van der Waals surface area contributed by atoms with E-state index in [0.29, 0.717) is 55.9 Å². The van der Waals surface area contributed by atoms with Gasteiger partial charge in [-0.15, -0.1) is 0 Å². The Hall–Kier alpha value is -5.88. The van der Waals surface area contributed by atoms with E-state index in [2.05, 4.69) is 0 Å². The van der Waals surface area contributed by atoms with Crippen molar-refractivity contribution in [3.63, 3.8) is 0 Å². The predicted octanol–water partition coefficient (Wildman–Crippen LogP) is 7.26. The molecule has 0 N–H and O–H groups in total. The van der Waals surface area contributed by atoms with Crippen molar-refractivity contribution in [1.82, 2.24) is 9.13 Å². The fraction of sp³-hybridized carbons (Fsp3) is 0.0526. The molecule has 0 fully saturated rings. The largest absolute Gasteiger partial charge is 0.342 e. The van der Waals surface area contributed by atoms with E-state index in [1.165, 1.54) is 12.2 Å². The molecule has 0 saturated carbocycles. The number of para-hydroxylation sites is 2. The second-order valence-corrected chi connectivity index (χ2v) is 11.2. The number of nitrogens with zero attached hydrogens (tertiary/aromatic N) is 2. The van der Waals surface area contributed by atoms with Gasteiger partial charge in [-0.1, -0.05) is 84.9 Å². The molecule has 2 aromatic heterocycles. The summed E-state index contributed by atoms with van der Waals surface area (Å²) in [6.45, 7) is 0. The lowest BCUT2D eigenvalue weighted by molar-refractivity contribution is 0.100. The molecule has 6 heteroatoms. The van der Waals surface area contributed by atoms with E-state index in [4.69, 9.17) is 0 Å². The van der Waals surface area contributed by atoms with Crippen LogP contribution in [0.25, 0.3) is 44.3 Å². The zero-order chi connectivity index (χ0) is 30.3. The Kier molecular flexibility index (Phi) is 5.46. The molecule has 0 aliphatic heterocycles. The van der Waals surface area contributed by atoms with Gasteiger partial charge in [-0.3, -0.25) is 19.2 Å². The van der Waals surface area contributed by atoms with Crippen LogP contribution in [0.4, 0.5) is 0 Å². The number of carbonyl (C=O) groups excluding carboxylic acids is 4. The van der Waals surface area contributed by atoms with Crippen LogP contribution in [0.3, 0.4) is 0 Å². The molecule has 0 saturated heterocycles. The van der Waals surface area contributed by atoms with Gasteiger partial charge in [0.15, 0.2) is 23.1 Å². The van der Waals surface area contributed by atoms with Crippen molar-refractivity contribution in [3.8, 4) is 11.4 Å². The van der Waals surface area contributed by atoms with Gasteiger partial charge in [0, 0.05) is 80.4 Å². The van der Waals surface area contributed by atoms with Gasteiger partial charge in [-0.25, -0.2) is 0 Å². The van der Waals surface area contributed by atoms with Crippen molar-refractivity contribution >= 4 is 56.1 Å². The quantitative estimate of drug-likeness (QED) is 0.224. The zero-order valence-corrected chi connectivity index (χ0v) is 23.9. The Morgan fingerprint density at radius 1 is 0.432 bits per heavy atom. The first-order chi connectivity index (χ1) is 21.4. The monoisotopic (exact) mass is 572 g/mol. The Balaban J connectivity index is 1.49. The molecular formula is C38H24N2O4. The number of aryl methyl sites for hydroxylation is 2. The number of carbonyl (C=O) groups is 4. The Morgan fingerprint density at radius 2 is 0.773 bits per heavy atom. The van der Waals surface area contributed by atoms with Crippen LogP contribution in [0.1, 0.15) is 52.6 Å². The molecule has 2 aliphatic carbocycles. The normalized spacial score (nSPS) is 14.6. The van der Waals surface area contributed by atoms with Gasteiger partial charge in [-0.05, 0) is 24.3 Å². The predicted molar refractivity (Wildman–Crippen MR) is 171 cm³/mol. The van der Waals surface area contributed by atoms with E-state index in [9.17, 15) is 19.2 Å². The summed E-state index contributed by atoms with van der Waals surface area (Å²) in [5, 5.41) is 1.61. The number of ketones is 4. The number of benzene rings is 4. The van der Waals surface area contributed by atoms with Crippen molar-refractivity contribution < 1.29 is 19.2 Å². The molecule has 4 aromatic carbocycles. The third-order valence-electron chi connectivity index (χ3n) is 8.89. The summed E-state index contributed by atoms with van der Waals surface area (Å²) in [6, 6.07) is 29.2. The first-order valence-corrected chi connectivity index (χ1v) is 14.3. The lowest BCUT2D eigenvalue weighted by atomic mass is 9.83. The average molecular weight is 573 g/mol. The minimum Gasteiger partial charge on any atom is -0.342 e. The lowest BCUT2D eigenvalue weighted by Gasteiger charge is -2.20. The lowest BCUT2D eigenvalue weighted by Crippen LogP contribution is -2.18. The maximum atomic E-state index is 14.1. The van der Waals surface area contributed by atoms with E-state index < -0.39 is 0 Å². The van der Waals surface area contributed by atoms with Crippen molar-refractivity contribution in [2.75, 3.05) is 0 Å². The third-order valence-corrected chi connectivity index (χ3v) is 8.89. The molecule has 6 aromatic rings. The molecule has 0 spiro atoms. The van der Waals surface area contributed by atoms with E-state index in [0.717, 1.165) is 21.8 Å². The van der Waals surface area contributed by atoms with Gasteiger partial charge in [0.25, 0.3) is 0 Å². The molecule has 0 amide bonds. The zero-order valence-electron chi connectivity index (χ0n) is 23.9. The van der Waals surface area contributed by atoms with E-state index in [1.54, 1.807) is 48.5 Å². The summed E-state index contributed by atoms with van der Waals surface area (Å²) in [5.41, 5.74) is 6.35. The number of Topliss-reactive ketones (excluding diaryl/α,β-unsaturated/α-hetero) is 2. The molecule has 6 nitrogen and oxygen atoms in total. The van der Waals surface area contributed by atoms with Gasteiger partial charge >= 0.3 is 0 Å². The number of aromatic nitrogens is 2. The Morgan fingerprint density at radius 3 is 1.18 bits per heavy atom. The first kappa shape index (κ1) is 25.8. The summed E-state index contributed by atoms with van der Waals surface area (Å²) in [7, 11) is 3.84. The summed E-state index contributed by atoms with van der Waals surface area (Å²) in [4.78, 5) is 55.0.